The molecular weight excluding hydrogens is 324 g/mol. The first-order valence-electron chi connectivity index (χ1n) is 8.91. The van der Waals surface area contributed by atoms with Crippen LogP contribution in [-0.4, -0.2) is 54.7 Å². The second-order valence-electron chi connectivity index (χ2n) is 7.67. The fourth-order valence-corrected chi connectivity index (χ4v) is 2.91. The van der Waals surface area contributed by atoms with Crippen molar-refractivity contribution in [1.82, 2.24) is 10.2 Å². The Morgan fingerprint density at radius 1 is 1.12 bits per heavy atom. The molecule has 1 fully saturated rings. The molecule has 0 heterocycles. The van der Waals surface area contributed by atoms with Crippen LogP contribution in [-0.2, 0) is 19.1 Å². The molecule has 0 aliphatic heterocycles. The fourth-order valence-electron chi connectivity index (χ4n) is 2.91. The Labute approximate surface area is 150 Å². The van der Waals surface area contributed by atoms with Crippen molar-refractivity contribution in [3.05, 3.63) is 0 Å². The maximum Gasteiger partial charge on any atom is 0.410 e. The first kappa shape index (κ1) is 21.3. The average molecular weight is 356 g/mol. The van der Waals surface area contributed by atoms with E-state index in [2.05, 4.69) is 5.32 Å². The van der Waals surface area contributed by atoms with Crippen molar-refractivity contribution in [2.75, 3.05) is 14.2 Å². The molecule has 1 rings (SSSR count). The standard InChI is InChI=1S/C18H32N2O5/c1-12(20(5)17(23)25-18(2,3)4)15(21)19-14(16(22)24-6)13-10-8-7-9-11-13/h12-14H,7-11H2,1-6H3,(H,19,21)/t12-,14-/m0/s1. The summed E-state index contributed by atoms with van der Waals surface area (Å²) in [5, 5.41) is 2.77. The minimum atomic E-state index is -0.759. The van der Waals surface area contributed by atoms with Crippen molar-refractivity contribution in [3.8, 4) is 0 Å². The van der Waals surface area contributed by atoms with E-state index in [1.54, 1.807) is 27.7 Å². The fraction of sp³-hybridized carbons (Fsp3) is 0.833. The first-order valence-corrected chi connectivity index (χ1v) is 8.91. The topological polar surface area (TPSA) is 84.9 Å². The molecule has 0 aromatic rings. The van der Waals surface area contributed by atoms with E-state index in [0.717, 1.165) is 32.1 Å². The summed E-state index contributed by atoms with van der Waals surface area (Å²) in [5.41, 5.74) is -0.641. The lowest BCUT2D eigenvalue weighted by molar-refractivity contribution is -0.147. The number of rotatable bonds is 5. The van der Waals surface area contributed by atoms with Gasteiger partial charge in [0.25, 0.3) is 0 Å². The first-order chi connectivity index (χ1) is 11.6. The van der Waals surface area contributed by atoms with Crippen LogP contribution in [0.5, 0.6) is 0 Å². The summed E-state index contributed by atoms with van der Waals surface area (Å²) in [5.74, 6) is -0.758. The smallest absolute Gasteiger partial charge is 0.410 e. The Morgan fingerprint density at radius 3 is 2.16 bits per heavy atom. The van der Waals surface area contributed by atoms with Gasteiger partial charge >= 0.3 is 12.1 Å². The van der Waals surface area contributed by atoms with Gasteiger partial charge in [0.15, 0.2) is 0 Å². The van der Waals surface area contributed by atoms with E-state index in [0.29, 0.717) is 0 Å². The highest BCUT2D eigenvalue weighted by atomic mass is 16.6. The van der Waals surface area contributed by atoms with Gasteiger partial charge in [0.05, 0.1) is 7.11 Å². The number of hydrogen-bond donors (Lipinski definition) is 1. The normalized spacial score (nSPS) is 18.0. The van der Waals surface area contributed by atoms with E-state index in [4.69, 9.17) is 9.47 Å². The molecule has 0 spiro atoms. The molecule has 2 amide bonds. The highest BCUT2D eigenvalue weighted by molar-refractivity contribution is 5.89. The zero-order chi connectivity index (χ0) is 19.2. The molecule has 1 N–H and O–H groups in total. The lowest BCUT2D eigenvalue weighted by atomic mass is 9.83. The van der Waals surface area contributed by atoms with E-state index in [1.165, 1.54) is 19.1 Å². The number of ether oxygens (including phenoxy) is 2. The van der Waals surface area contributed by atoms with Gasteiger partial charge in [-0.15, -0.1) is 0 Å². The number of amides is 2. The molecule has 7 nitrogen and oxygen atoms in total. The van der Waals surface area contributed by atoms with E-state index < -0.39 is 35.7 Å². The third-order valence-electron chi connectivity index (χ3n) is 4.52. The second-order valence-corrected chi connectivity index (χ2v) is 7.67. The molecule has 2 atom stereocenters. The van der Waals surface area contributed by atoms with Crippen LogP contribution in [0, 0.1) is 5.92 Å². The summed E-state index contributed by atoms with van der Waals surface area (Å²) in [6.07, 6.45) is 4.42. The quantitative estimate of drug-likeness (QED) is 0.765. The minimum absolute atomic E-state index is 0.0733. The predicted octanol–water partition coefficient (Wildman–Crippen LogP) is 2.48. The van der Waals surface area contributed by atoms with Gasteiger partial charge in [-0.3, -0.25) is 9.69 Å². The summed E-state index contributed by atoms with van der Waals surface area (Å²) in [4.78, 5) is 38.0. The van der Waals surface area contributed by atoms with Crippen molar-refractivity contribution in [3.63, 3.8) is 0 Å². The minimum Gasteiger partial charge on any atom is -0.467 e. The highest BCUT2D eigenvalue weighted by Crippen LogP contribution is 2.27. The van der Waals surface area contributed by atoms with Crippen molar-refractivity contribution < 1.29 is 23.9 Å². The molecule has 0 saturated heterocycles. The van der Waals surface area contributed by atoms with Crippen LogP contribution in [0.3, 0.4) is 0 Å². The van der Waals surface area contributed by atoms with Crippen LogP contribution in [0.1, 0.15) is 59.8 Å². The molecule has 0 aromatic carbocycles. The maximum atomic E-state index is 12.6. The van der Waals surface area contributed by atoms with Gasteiger partial charge < -0.3 is 14.8 Å². The number of nitrogens with one attached hydrogen (secondary N) is 1. The van der Waals surface area contributed by atoms with Gasteiger partial charge in [-0.1, -0.05) is 19.3 Å². The Kier molecular flexibility index (Phi) is 7.70. The molecule has 7 heteroatoms. The van der Waals surface area contributed by atoms with Crippen molar-refractivity contribution in [2.45, 2.75) is 77.5 Å². The van der Waals surface area contributed by atoms with E-state index in [-0.39, 0.29) is 5.92 Å². The molecule has 144 valence electrons. The number of methoxy groups -OCH3 is 1. The Balaban J connectivity index is 2.74. The number of carbonyl (C=O) groups excluding carboxylic acids is 3. The molecule has 0 bridgehead atoms. The Bertz CT molecular complexity index is 480. The van der Waals surface area contributed by atoms with Crippen LogP contribution in [0.25, 0.3) is 0 Å². The third kappa shape index (κ3) is 6.55. The van der Waals surface area contributed by atoms with Crippen LogP contribution >= 0.6 is 0 Å². The van der Waals surface area contributed by atoms with Crippen LogP contribution in [0.15, 0.2) is 0 Å². The molecule has 0 unspecified atom stereocenters. The summed E-state index contributed by atoms with van der Waals surface area (Å²) in [6, 6.07) is -1.43. The number of nitrogens with zero attached hydrogens (tertiary/aromatic N) is 1. The third-order valence-corrected chi connectivity index (χ3v) is 4.52. The molecule has 0 aromatic heterocycles. The Hall–Kier alpha value is -1.79. The number of likely N-dealkylation sites (N-methyl/N-ethyl adjacent to an activating group) is 1. The van der Waals surface area contributed by atoms with E-state index >= 15 is 0 Å². The van der Waals surface area contributed by atoms with Gasteiger partial charge in [0.2, 0.25) is 5.91 Å². The molecule has 0 radical (unpaired) electrons. The number of esters is 1. The van der Waals surface area contributed by atoms with Gasteiger partial charge in [-0.25, -0.2) is 9.59 Å². The molecular formula is C18H32N2O5. The van der Waals surface area contributed by atoms with Crippen LogP contribution in [0.4, 0.5) is 4.79 Å². The van der Waals surface area contributed by atoms with Crippen molar-refractivity contribution in [1.29, 1.82) is 0 Å². The summed E-state index contributed by atoms with van der Waals surface area (Å²) in [6.45, 7) is 6.90. The lowest BCUT2D eigenvalue weighted by Gasteiger charge is -2.32. The monoisotopic (exact) mass is 356 g/mol. The molecule has 1 aliphatic rings. The predicted molar refractivity (Wildman–Crippen MR) is 94.0 cm³/mol. The van der Waals surface area contributed by atoms with Gasteiger partial charge in [0.1, 0.15) is 17.7 Å². The van der Waals surface area contributed by atoms with E-state index in [1.807, 2.05) is 0 Å². The molecule has 1 saturated carbocycles. The highest BCUT2D eigenvalue weighted by Gasteiger charge is 2.34. The largest absolute Gasteiger partial charge is 0.467 e. The molecule has 25 heavy (non-hydrogen) atoms. The lowest BCUT2D eigenvalue weighted by Crippen LogP contribution is -2.54. The van der Waals surface area contributed by atoms with Gasteiger partial charge in [-0.05, 0) is 46.5 Å². The molecule has 1 aliphatic carbocycles. The maximum absolute atomic E-state index is 12.6. The number of hydrogen-bond acceptors (Lipinski definition) is 5. The van der Waals surface area contributed by atoms with Crippen molar-refractivity contribution >= 4 is 18.0 Å². The second kappa shape index (κ2) is 9.06. The zero-order valence-corrected chi connectivity index (χ0v) is 16.3. The summed E-state index contributed by atoms with van der Waals surface area (Å²) >= 11 is 0. The van der Waals surface area contributed by atoms with Crippen molar-refractivity contribution in [2.24, 2.45) is 5.92 Å². The number of carbonyl (C=O) groups is 3. The van der Waals surface area contributed by atoms with Gasteiger partial charge in [0, 0.05) is 7.05 Å². The SMILES string of the molecule is COC(=O)[C@@H](NC(=O)[C@H](C)N(C)C(=O)OC(C)(C)C)C1CCCCC1. The van der Waals surface area contributed by atoms with Crippen LogP contribution < -0.4 is 5.32 Å². The summed E-state index contributed by atoms with van der Waals surface area (Å²) < 4.78 is 10.1. The van der Waals surface area contributed by atoms with Gasteiger partial charge in [-0.2, -0.15) is 0 Å². The van der Waals surface area contributed by atoms with Crippen LogP contribution in [0.2, 0.25) is 0 Å². The average Bonchev–Trinajstić information content (AvgIpc) is 2.56. The summed E-state index contributed by atoms with van der Waals surface area (Å²) in [7, 11) is 2.83. The Morgan fingerprint density at radius 2 is 1.68 bits per heavy atom. The zero-order valence-electron chi connectivity index (χ0n) is 16.3. The van der Waals surface area contributed by atoms with E-state index in [9.17, 15) is 14.4 Å².